The van der Waals surface area contributed by atoms with Crippen LogP contribution in [0.3, 0.4) is 0 Å². The van der Waals surface area contributed by atoms with E-state index in [1.165, 1.54) is 24.8 Å². The molecule has 1 aromatic rings. The number of nitrogens with one attached hydrogen (secondary N) is 1. The molecule has 0 bridgehead atoms. The van der Waals surface area contributed by atoms with Crippen LogP contribution in [-0.2, 0) is 4.79 Å². The third-order valence-electron chi connectivity index (χ3n) is 4.60. The van der Waals surface area contributed by atoms with Gasteiger partial charge in [-0.1, -0.05) is 29.8 Å². The zero-order valence-corrected chi connectivity index (χ0v) is 14.7. The van der Waals surface area contributed by atoms with Gasteiger partial charge in [0.2, 0.25) is 5.91 Å². The van der Waals surface area contributed by atoms with E-state index in [0.717, 1.165) is 12.8 Å². The van der Waals surface area contributed by atoms with Gasteiger partial charge in [0, 0.05) is 17.9 Å². The lowest BCUT2D eigenvalue weighted by Crippen LogP contribution is -2.47. The van der Waals surface area contributed by atoms with E-state index in [-0.39, 0.29) is 17.9 Å². The summed E-state index contributed by atoms with van der Waals surface area (Å²) in [4.78, 5) is 26.8. The predicted octanol–water partition coefficient (Wildman–Crippen LogP) is 3.21. The summed E-state index contributed by atoms with van der Waals surface area (Å²) in [6.07, 6.45) is 8.12. The minimum absolute atomic E-state index is 0.0271. The van der Waals surface area contributed by atoms with Crippen molar-refractivity contribution in [3.63, 3.8) is 0 Å². The number of hydrogen-bond acceptors (Lipinski definition) is 3. The molecule has 1 atom stereocenters. The molecule has 1 aromatic carbocycles. The van der Waals surface area contributed by atoms with Crippen LogP contribution in [-0.4, -0.2) is 40.9 Å². The Morgan fingerprint density at radius 3 is 2.79 bits per heavy atom. The lowest BCUT2D eigenvalue weighted by Gasteiger charge is -2.23. The fourth-order valence-corrected chi connectivity index (χ4v) is 4.36. The van der Waals surface area contributed by atoms with E-state index in [1.54, 1.807) is 28.8 Å². The van der Waals surface area contributed by atoms with Crippen molar-refractivity contribution in [2.75, 3.05) is 18.2 Å². The molecule has 3 rings (SSSR count). The summed E-state index contributed by atoms with van der Waals surface area (Å²) in [6.45, 7) is 0.666. The molecule has 5 heteroatoms. The van der Waals surface area contributed by atoms with Gasteiger partial charge in [-0.2, -0.15) is 0 Å². The van der Waals surface area contributed by atoms with Crippen molar-refractivity contribution in [1.82, 2.24) is 10.2 Å². The highest BCUT2D eigenvalue weighted by Gasteiger charge is 2.34. The molecule has 1 aliphatic carbocycles. The van der Waals surface area contributed by atoms with Crippen molar-refractivity contribution in [2.45, 2.75) is 38.1 Å². The third-order valence-corrected chi connectivity index (χ3v) is 5.61. The Kier molecular flexibility index (Phi) is 5.96. The van der Waals surface area contributed by atoms with Crippen LogP contribution in [0.5, 0.6) is 0 Å². The number of allylic oxidation sites excluding steroid dienone is 1. The Morgan fingerprint density at radius 1 is 1.21 bits per heavy atom. The molecule has 2 aliphatic rings. The van der Waals surface area contributed by atoms with Crippen LogP contribution in [0.1, 0.15) is 42.5 Å². The van der Waals surface area contributed by atoms with E-state index < -0.39 is 0 Å². The Bertz CT molecular complexity index is 615. The summed E-state index contributed by atoms with van der Waals surface area (Å²) in [6, 6.07) is 8.83. The second-order valence-electron chi connectivity index (χ2n) is 6.31. The van der Waals surface area contributed by atoms with E-state index >= 15 is 0 Å². The normalized spacial score (nSPS) is 20.6. The van der Waals surface area contributed by atoms with Gasteiger partial charge < -0.3 is 10.2 Å². The molecule has 1 fully saturated rings. The van der Waals surface area contributed by atoms with E-state index in [9.17, 15) is 9.59 Å². The summed E-state index contributed by atoms with van der Waals surface area (Å²) in [5, 5.41) is 3.02. The molecule has 128 valence electrons. The van der Waals surface area contributed by atoms with Crippen molar-refractivity contribution in [3.8, 4) is 0 Å². The Balaban J connectivity index is 1.53. The van der Waals surface area contributed by atoms with Gasteiger partial charge in [0.15, 0.2) is 0 Å². The van der Waals surface area contributed by atoms with Gasteiger partial charge in [-0.25, -0.2) is 0 Å². The molecule has 24 heavy (non-hydrogen) atoms. The van der Waals surface area contributed by atoms with Gasteiger partial charge in [0.05, 0.1) is 5.88 Å². The van der Waals surface area contributed by atoms with Gasteiger partial charge in [-0.3, -0.25) is 9.59 Å². The molecular weight excluding hydrogens is 320 g/mol. The zero-order chi connectivity index (χ0) is 16.8. The molecule has 2 amide bonds. The summed E-state index contributed by atoms with van der Waals surface area (Å²) in [5.74, 6) is 1.17. The van der Waals surface area contributed by atoms with E-state index in [1.807, 2.05) is 18.2 Å². The second-order valence-corrected chi connectivity index (χ2v) is 7.31. The number of carbonyl (C=O) groups is 2. The van der Waals surface area contributed by atoms with Gasteiger partial charge in [0.25, 0.3) is 5.91 Å². The number of thioether (sulfide) groups is 1. The number of carbonyl (C=O) groups excluding carboxylic acids is 2. The van der Waals surface area contributed by atoms with Crippen LogP contribution < -0.4 is 5.32 Å². The Labute approximate surface area is 147 Å². The highest BCUT2D eigenvalue weighted by molar-refractivity contribution is 7.99. The summed E-state index contributed by atoms with van der Waals surface area (Å²) in [7, 11) is 0. The largest absolute Gasteiger partial charge is 0.354 e. The van der Waals surface area contributed by atoms with Gasteiger partial charge in [0.1, 0.15) is 6.04 Å². The van der Waals surface area contributed by atoms with E-state index in [2.05, 4.69) is 11.4 Å². The predicted molar refractivity (Wildman–Crippen MR) is 97.9 cm³/mol. The number of hydrogen-bond donors (Lipinski definition) is 1. The molecule has 0 aromatic heterocycles. The molecule has 1 N–H and O–H groups in total. The fraction of sp³-hybridized carbons (Fsp3) is 0.474. The third kappa shape index (κ3) is 4.20. The number of rotatable bonds is 5. The van der Waals surface area contributed by atoms with Crippen LogP contribution in [0.4, 0.5) is 0 Å². The molecule has 1 aliphatic heterocycles. The SMILES string of the molecule is O=C(NCCC1=CCCCC1)C1CSCN1C(=O)c1ccccc1. The molecule has 1 saturated heterocycles. The quantitative estimate of drug-likeness (QED) is 0.835. The maximum absolute atomic E-state index is 12.6. The number of benzene rings is 1. The van der Waals surface area contributed by atoms with Gasteiger partial charge >= 0.3 is 0 Å². The standard InChI is InChI=1S/C19H24N2O2S/c22-18(20-12-11-15-7-3-1-4-8-15)17-13-24-14-21(17)19(23)16-9-5-2-6-10-16/h2,5-7,9-10,17H,1,3-4,8,11-14H2,(H,20,22). The maximum atomic E-state index is 12.6. The van der Waals surface area contributed by atoms with Gasteiger partial charge in [-0.05, 0) is 44.2 Å². The van der Waals surface area contributed by atoms with Crippen LogP contribution in [0.15, 0.2) is 42.0 Å². The summed E-state index contributed by atoms with van der Waals surface area (Å²) >= 11 is 1.64. The highest BCUT2D eigenvalue weighted by atomic mass is 32.2. The zero-order valence-electron chi connectivity index (χ0n) is 13.9. The maximum Gasteiger partial charge on any atom is 0.255 e. The summed E-state index contributed by atoms with van der Waals surface area (Å²) < 4.78 is 0. The van der Waals surface area contributed by atoms with Crippen LogP contribution >= 0.6 is 11.8 Å². The first-order valence-electron chi connectivity index (χ1n) is 8.65. The van der Waals surface area contributed by atoms with Crippen molar-refractivity contribution < 1.29 is 9.59 Å². The molecule has 0 spiro atoms. The Hall–Kier alpha value is -1.75. The highest BCUT2D eigenvalue weighted by Crippen LogP contribution is 2.24. The van der Waals surface area contributed by atoms with Crippen LogP contribution in [0.2, 0.25) is 0 Å². The minimum Gasteiger partial charge on any atom is -0.354 e. The molecule has 0 radical (unpaired) electrons. The minimum atomic E-state index is -0.358. The lowest BCUT2D eigenvalue weighted by atomic mass is 9.97. The number of amides is 2. The van der Waals surface area contributed by atoms with Gasteiger partial charge in [-0.15, -0.1) is 11.8 Å². The van der Waals surface area contributed by atoms with Crippen molar-refractivity contribution in [2.24, 2.45) is 0 Å². The number of nitrogens with zero attached hydrogens (tertiary/aromatic N) is 1. The van der Waals surface area contributed by atoms with E-state index in [4.69, 9.17) is 0 Å². The van der Waals surface area contributed by atoms with Crippen molar-refractivity contribution >= 4 is 23.6 Å². The average Bonchev–Trinajstić information content (AvgIpc) is 3.12. The average molecular weight is 344 g/mol. The molecular formula is C19H24N2O2S. The second kappa shape index (κ2) is 8.38. The van der Waals surface area contributed by atoms with Crippen molar-refractivity contribution in [1.29, 1.82) is 0 Å². The van der Waals surface area contributed by atoms with Crippen LogP contribution in [0, 0.1) is 0 Å². The van der Waals surface area contributed by atoms with E-state index in [0.29, 0.717) is 23.7 Å². The summed E-state index contributed by atoms with van der Waals surface area (Å²) in [5.41, 5.74) is 2.10. The lowest BCUT2D eigenvalue weighted by molar-refractivity contribution is -0.124. The first-order chi connectivity index (χ1) is 11.8. The Morgan fingerprint density at radius 2 is 2.04 bits per heavy atom. The van der Waals surface area contributed by atoms with Crippen LogP contribution in [0.25, 0.3) is 0 Å². The monoisotopic (exact) mass is 344 g/mol. The fourth-order valence-electron chi connectivity index (χ4n) is 3.20. The first-order valence-corrected chi connectivity index (χ1v) is 9.80. The first kappa shape index (κ1) is 17.1. The molecule has 4 nitrogen and oxygen atoms in total. The molecule has 0 saturated carbocycles. The molecule has 1 unspecified atom stereocenters. The van der Waals surface area contributed by atoms with Crippen molar-refractivity contribution in [3.05, 3.63) is 47.5 Å². The smallest absolute Gasteiger partial charge is 0.255 e. The molecule has 1 heterocycles. The topological polar surface area (TPSA) is 49.4 Å².